The molecule has 13 nitrogen and oxygen atoms in total. The van der Waals surface area contributed by atoms with Crippen LogP contribution < -0.4 is 21.4 Å². The van der Waals surface area contributed by atoms with Crippen LogP contribution in [0.15, 0.2) is 66.2 Å². The van der Waals surface area contributed by atoms with Crippen molar-refractivity contribution in [2.45, 2.75) is 64.9 Å². The van der Waals surface area contributed by atoms with Gasteiger partial charge in [0, 0.05) is 30.2 Å². The number of nitrogens with one attached hydrogen (secondary N) is 4. The van der Waals surface area contributed by atoms with Gasteiger partial charge in [-0.05, 0) is 29.4 Å². The largest absolute Gasteiger partial charge is 0.453 e. The van der Waals surface area contributed by atoms with Gasteiger partial charge in [-0.3, -0.25) is 15.0 Å². The third-order valence-electron chi connectivity index (χ3n) is 7.59. The van der Waals surface area contributed by atoms with Crippen molar-refractivity contribution in [3.8, 4) is 10.6 Å². The first-order valence-corrected chi connectivity index (χ1v) is 16.5. The minimum absolute atomic E-state index is 0.0996. The second-order valence-corrected chi connectivity index (χ2v) is 12.9. The summed E-state index contributed by atoms with van der Waals surface area (Å²) in [6.45, 7) is 7.23. The first-order valence-electron chi connectivity index (χ1n) is 15.7. The van der Waals surface area contributed by atoms with Crippen LogP contribution in [0, 0.1) is 11.8 Å². The standard InChI is InChI=1S/C34H46N6O7S/c1-21(2)28(37-33(44)46-5)30(42)36-26(18-23-10-8-7-9-11-23)27(41)20-40(39-31(43)29(22(3)4)38-34(45)47-6)19-24-12-14-25(15-13-24)32-35-16-17-48-32/h7-17,21-22,26-29,41H,18-20H2,1-6H3,(H,36,42)(H,37,44)(H,38,45)(H,39,43)/t26-,27-,28-,29-/m0/s1. The third kappa shape index (κ3) is 11.6. The van der Waals surface area contributed by atoms with E-state index in [0.717, 1.165) is 21.7 Å². The van der Waals surface area contributed by atoms with Crippen LogP contribution in [0.25, 0.3) is 10.6 Å². The quantitative estimate of drug-likeness (QED) is 0.142. The average Bonchev–Trinajstić information content (AvgIpc) is 3.61. The summed E-state index contributed by atoms with van der Waals surface area (Å²) in [7, 11) is 2.43. The highest BCUT2D eigenvalue weighted by Crippen LogP contribution is 2.22. The molecule has 3 rings (SSSR count). The Morgan fingerprint density at radius 1 is 0.812 bits per heavy atom. The van der Waals surface area contributed by atoms with Crippen molar-refractivity contribution in [3.05, 3.63) is 77.3 Å². The van der Waals surface area contributed by atoms with Gasteiger partial charge in [-0.25, -0.2) is 19.6 Å². The van der Waals surface area contributed by atoms with Crippen molar-refractivity contribution in [2.24, 2.45) is 11.8 Å². The Morgan fingerprint density at radius 2 is 1.40 bits per heavy atom. The van der Waals surface area contributed by atoms with Crippen molar-refractivity contribution in [2.75, 3.05) is 20.8 Å². The molecule has 0 bridgehead atoms. The number of ether oxygens (including phenoxy) is 2. The van der Waals surface area contributed by atoms with E-state index < -0.39 is 48.2 Å². The third-order valence-corrected chi connectivity index (χ3v) is 8.41. The minimum Gasteiger partial charge on any atom is -0.453 e. The summed E-state index contributed by atoms with van der Waals surface area (Å²) in [5.41, 5.74) is 5.50. The number of methoxy groups -OCH3 is 2. The molecular formula is C34H46N6O7S. The fourth-order valence-corrected chi connectivity index (χ4v) is 5.58. The zero-order valence-electron chi connectivity index (χ0n) is 28.1. The van der Waals surface area contributed by atoms with Crippen molar-refractivity contribution in [1.29, 1.82) is 0 Å². The lowest BCUT2D eigenvalue weighted by Crippen LogP contribution is -2.59. The molecule has 0 aliphatic rings. The molecule has 0 fully saturated rings. The minimum atomic E-state index is -1.19. The Bertz CT molecular complexity index is 1450. The van der Waals surface area contributed by atoms with Gasteiger partial charge in [0.2, 0.25) is 5.91 Å². The van der Waals surface area contributed by atoms with Gasteiger partial charge >= 0.3 is 12.2 Å². The van der Waals surface area contributed by atoms with Crippen molar-refractivity contribution < 1.29 is 33.8 Å². The monoisotopic (exact) mass is 682 g/mol. The van der Waals surface area contributed by atoms with Gasteiger partial charge in [0.1, 0.15) is 17.1 Å². The molecule has 2 aromatic carbocycles. The molecule has 14 heteroatoms. The summed E-state index contributed by atoms with van der Waals surface area (Å²) in [6.07, 6.45) is -0.696. The molecule has 48 heavy (non-hydrogen) atoms. The number of aliphatic hydroxyl groups is 1. The highest BCUT2D eigenvalue weighted by molar-refractivity contribution is 7.13. The molecule has 4 atom stereocenters. The van der Waals surface area contributed by atoms with E-state index in [-0.39, 0.29) is 31.3 Å². The zero-order valence-corrected chi connectivity index (χ0v) is 29.0. The highest BCUT2D eigenvalue weighted by atomic mass is 32.1. The normalized spacial score (nSPS) is 13.7. The second kappa shape index (κ2) is 18.7. The summed E-state index contributed by atoms with van der Waals surface area (Å²) in [6, 6.07) is 14.4. The summed E-state index contributed by atoms with van der Waals surface area (Å²) in [4.78, 5) is 55.4. The molecule has 0 aliphatic carbocycles. The summed E-state index contributed by atoms with van der Waals surface area (Å²) in [5, 5.41) is 24.1. The Kier molecular flexibility index (Phi) is 14.8. The van der Waals surface area contributed by atoms with Crippen LogP contribution in [0.4, 0.5) is 9.59 Å². The van der Waals surface area contributed by atoms with Gasteiger partial charge < -0.3 is 30.5 Å². The van der Waals surface area contributed by atoms with E-state index in [1.165, 1.54) is 25.6 Å². The van der Waals surface area contributed by atoms with Crippen molar-refractivity contribution >= 4 is 35.3 Å². The van der Waals surface area contributed by atoms with Gasteiger partial charge in [-0.2, -0.15) is 0 Å². The second-order valence-electron chi connectivity index (χ2n) is 12.0. The number of amides is 4. The van der Waals surface area contributed by atoms with E-state index in [4.69, 9.17) is 9.47 Å². The van der Waals surface area contributed by atoms with Gasteiger partial charge in [0.25, 0.3) is 5.91 Å². The van der Waals surface area contributed by atoms with Gasteiger partial charge in [0.15, 0.2) is 0 Å². The predicted octanol–water partition coefficient (Wildman–Crippen LogP) is 3.49. The zero-order chi connectivity index (χ0) is 35.2. The molecule has 4 amide bonds. The molecule has 0 saturated heterocycles. The molecule has 1 aromatic heterocycles. The molecule has 0 radical (unpaired) electrons. The summed E-state index contributed by atoms with van der Waals surface area (Å²) in [5.74, 6) is -1.57. The molecule has 3 aromatic rings. The van der Waals surface area contributed by atoms with Crippen molar-refractivity contribution in [1.82, 2.24) is 31.4 Å². The topological polar surface area (TPSA) is 171 Å². The smallest absolute Gasteiger partial charge is 0.407 e. The number of rotatable bonds is 16. The van der Waals surface area contributed by atoms with E-state index in [1.54, 1.807) is 38.9 Å². The van der Waals surface area contributed by atoms with Crippen molar-refractivity contribution in [3.63, 3.8) is 0 Å². The molecule has 0 unspecified atom stereocenters. The number of alkyl carbamates (subject to hydrolysis) is 2. The first kappa shape index (κ1) is 37.9. The number of hydrogen-bond donors (Lipinski definition) is 5. The predicted molar refractivity (Wildman–Crippen MR) is 183 cm³/mol. The van der Waals surface area contributed by atoms with E-state index in [1.807, 2.05) is 60.0 Å². The highest BCUT2D eigenvalue weighted by Gasteiger charge is 2.32. The van der Waals surface area contributed by atoms with Crippen LogP contribution in [0.3, 0.4) is 0 Å². The number of aliphatic hydroxyl groups excluding tert-OH is 1. The summed E-state index contributed by atoms with van der Waals surface area (Å²) >= 11 is 1.52. The molecule has 5 N–H and O–H groups in total. The van der Waals surface area contributed by atoms with Crippen LogP contribution in [-0.2, 0) is 32.0 Å². The number of nitrogens with zero attached hydrogens (tertiary/aromatic N) is 2. The van der Waals surface area contributed by atoms with Crippen LogP contribution in [0.5, 0.6) is 0 Å². The van der Waals surface area contributed by atoms with E-state index >= 15 is 0 Å². The van der Waals surface area contributed by atoms with Gasteiger partial charge in [-0.1, -0.05) is 82.3 Å². The lowest BCUT2D eigenvalue weighted by molar-refractivity contribution is -0.131. The first-order chi connectivity index (χ1) is 22.9. The number of carbonyl (C=O) groups excluding carboxylic acids is 4. The molecular weight excluding hydrogens is 636 g/mol. The Morgan fingerprint density at radius 3 is 1.92 bits per heavy atom. The fraction of sp³-hybridized carbons (Fsp3) is 0.441. The van der Waals surface area contributed by atoms with E-state index in [9.17, 15) is 24.3 Å². The van der Waals surface area contributed by atoms with E-state index in [2.05, 4.69) is 26.4 Å². The summed E-state index contributed by atoms with van der Waals surface area (Å²) < 4.78 is 9.43. The molecule has 260 valence electrons. The molecule has 0 aliphatic heterocycles. The molecule has 1 heterocycles. The average molecular weight is 683 g/mol. The van der Waals surface area contributed by atoms with Crippen LogP contribution in [-0.4, -0.2) is 84.1 Å². The number of benzene rings is 2. The maximum Gasteiger partial charge on any atom is 0.407 e. The van der Waals surface area contributed by atoms with Gasteiger partial charge in [-0.15, -0.1) is 11.3 Å². The van der Waals surface area contributed by atoms with E-state index in [0.29, 0.717) is 0 Å². The Balaban J connectivity index is 1.90. The maximum atomic E-state index is 13.5. The SMILES string of the molecule is COC(=O)N[C@H](C(=O)N[C@@H](Cc1ccccc1)[C@@H](O)CN(Cc1ccc(-c2nccs2)cc1)NC(=O)[C@@H](NC(=O)OC)C(C)C)C(C)C. The number of carbonyl (C=O) groups is 4. The fourth-order valence-electron chi connectivity index (χ4n) is 4.93. The molecule has 0 spiro atoms. The maximum absolute atomic E-state index is 13.5. The van der Waals surface area contributed by atoms with Crippen LogP contribution >= 0.6 is 11.3 Å². The van der Waals surface area contributed by atoms with Crippen LogP contribution in [0.2, 0.25) is 0 Å². The Hall–Kier alpha value is -4.53. The van der Waals surface area contributed by atoms with Crippen LogP contribution in [0.1, 0.15) is 38.8 Å². The lowest BCUT2D eigenvalue weighted by Gasteiger charge is -2.33. The van der Waals surface area contributed by atoms with Gasteiger partial charge in [0.05, 0.1) is 26.4 Å². The Labute approximate surface area is 285 Å². The molecule has 0 saturated carbocycles. The number of hydrazine groups is 1. The number of thiazole rings is 1. The lowest BCUT2D eigenvalue weighted by atomic mass is 9.98. The number of aromatic nitrogens is 1. The number of hydrogen-bond acceptors (Lipinski definition) is 10.